The molecule has 0 atom stereocenters. The third-order valence-electron chi connectivity index (χ3n) is 24.1. The first-order valence-corrected chi connectivity index (χ1v) is 37.6. The summed E-state index contributed by atoms with van der Waals surface area (Å²) in [5, 5.41) is 9.92. The lowest BCUT2D eigenvalue weighted by atomic mass is 9.69. The molecule has 22 rings (SSSR count). The minimum atomic E-state index is -0.597. The largest absolute Gasteiger partial charge is 0.310 e. The van der Waals surface area contributed by atoms with E-state index < -0.39 is 10.8 Å². The smallest absolute Gasteiger partial charge is 0.0731 e. The van der Waals surface area contributed by atoms with Crippen LogP contribution in [-0.4, -0.2) is 0 Å². The molecule has 18 aromatic rings. The van der Waals surface area contributed by atoms with E-state index in [9.17, 15) is 0 Å². The second-order valence-corrected chi connectivity index (χ2v) is 29.9. The summed E-state index contributed by atoms with van der Waals surface area (Å²) in [6, 6.07) is 143. The van der Waals surface area contributed by atoms with Crippen LogP contribution in [0.3, 0.4) is 0 Å². The maximum atomic E-state index is 2.57. The fourth-order valence-electron chi connectivity index (χ4n) is 19.6. The van der Waals surface area contributed by atoms with Crippen molar-refractivity contribution in [3.05, 3.63) is 443 Å². The first kappa shape index (κ1) is 61.1. The van der Waals surface area contributed by atoms with Crippen LogP contribution in [0.1, 0.15) is 66.8 Å². The number of benzene rings is 18. The Morgan fingerprint density at radius 2 is 0.664 bits per heavy atom. The molecule has 0 unspecified atom stereocenters. The van der Waals surface area contributed by atoms with Crippen molar-refractivity contribution in [1.29, 1.82) is 0 Å². The molecule has 18 aromatic carbocycles. The molecular weight excluding hydrogens is 1290 g/mol. The first-order valence-electron chi connectivity index (χ1n) is 37.6. The van der Waals surface area contributed by atoms with Crippen LogP contribution in [0, 0.1) is 13.8 Å². The summed E-state index contributed by atoms with van der Waals surface area (Å²) in [5.41, 5.74) is 36.5. The molecule has 0 amide bonds. The highest BCUT2D eigenvalue weighted by atomic mass is 15.2. The maximum absolute atomic E-state index is 2.57. The molecule has 4 aliphatic rings. The van der Waals surface area contributed by atoms with Crippen LogP contribution in [0.4, 0.5) is 34.1 Å². The summed E-state index contributed by atoms with van der Waals surface area (Å²) in [7, 11) is 0. The topological polar surface area (TPSA) is 6.48 Å². The predicted molar refractivity (Wildman–Crippen MR) is 448 cm³/mol. The Morgan fingerprint density at radius 1 is 0.224 bits per heavy atom. The van der Waals surface area contributed by atoms with Crippen LogP contribution in [0.5, 0.6) is 0 Å². The van der Waals surface area contributed by atoms with Crippen molar-refractivity contribution in [3.63, 3.8) is 0 Å². The van der Waals surface area contributed by atoms with Crippen LogP contribution < -0.4 is 9.80 Å². The molecular formula is C105H70N2. The highest BCUT2D eigenvalue weighted by Gasteiger charge is 2.54. The quantitative estimate of drug-likeness (QED) is 0.135. The van der Waals surface area contributed by atoms with E-state index in [-0.39, 0.29) is 0 Å². The van der Waals surface area contributed by atoms with Gasteiger partial charge in [-0.25, -0.2) is 0 Å². The van der Waals surface area contributed by atoms with Crippen molar-refractivity contribution in [1.82, 2.24) is 0 Å². The number of fused-ring (bicyclic) bond motifs is 26. The van der Waals surface area contributed by atoms with Gasteiger partial charge in [0.05, 0.1) is 16.5 Å². The zero-order valence-corrected chi connectivity index (χ0v) is 59.4. The van der Waals surface area contributed by atoms with E-state index >= 15 is 0 Å². The Morgan fingerprint density at radius 3 is 1.22 bits per heavy atom. The molecule has 0 aromatic heterocycles. The van der Waals surface area contributed by atoms with Gasteiger partial charge in [0, 0.05) is 34.0 Å². The molecule has 0 heterocycles. The molecule has 0 saturated heterocycles. The molecule has 0 aliphatic heterocycles. The van der Waals surface area contributed by atoms with E-state index in [4.69, 9.17) is 0 Å². The maximum Gasteiger partial charge on any atom is 0.0731 e. The summed E-state index contributed by atoms with van der Waals surface area (Å²) < 4.78 is 0. The zero-order chi connectivity index (χ0) is 70.6. The lowest BCUT2D eigenvalue weighted by Gasteiger charge is -2.32. The number of aryl methyl sites for hydroxylation is 2. The van der Waals surface area contributed by atoms with E-state index in [1.165, 1.54) is 182 Å². The standard InChI is InChI=1S/C105H70N2/c1-66-39-47-80(48-40-66)107(82-50-54-84-76(60-82)45-51-89-92-62-71-26-12-13-27-72(71)64-98(92)104(102(84)89)94-34-18-14-30-85(94)86-31-15-19-35-95(86)104)101-56-67(2)38-42-77(101)57-68-41-43-74-63-93-90-52-44-75-59-81(49-53-83(75)103(90)105(99(93)65-78(74)58-68)96-36-20-16-32-87(96)88-33-17-21-37-97(88)105)106(79-28-10-5-11-29-79)100-55-46-73(69-22-6-3-7-23-69)61-91(100)70-24-8-4-9-25-70/h3-56,58-65H,57H2,1-2H3. The lowest BCUT2D eigenvalue weighted by Crippen LogP contribution is -2.26. The van der Waals surface area contributed by atoms with E-state index in [0.717, 1.165) is 34.9 Å². The van der Waals surface area contributed by atoms with Crippen molar-refractivity contribution in [2.75, 3.05) is 9.80 Å². The molecule has 2 spiro atoms. The Balaban J connectivity index is 0.679. The van der Waals surface area contributed by atoms with Gasteiger partial charge in [-0.3, -0.25) is 0 Å². The van der Waals surface area contributed by atoms with Crippen LogP contribution >= 0.6 is 0 Å². The van der Waals surface area contributed by atoms with Crippen molar-refractivity contribution in [2.45, 2.75) is 31.1 Å². The Kier molecular flexibility index (Phi) is 13.5. The molecule has 0 N–H and O–H groups in total. The highest BCUT2D eigenvalue weighted by Crippen LogP contribution is 2.67. The molecule has 2 nitrogen and oxygen atoms in total. The third kappa shape index (κ3) is 9.00. The lowest BCUT2D eigenvalue weighted by molar-refractivity contribution is 0.802. The molecule has 4 aliphatic carbocycles. The van der Waals surface area contributed by atoms with Crippen molar-refractivity contribution < 1.29 is 0 Å². The second kappa shape index (κ2) is 23.6. The summed E-state index contributed by atoms with van der Waals surface area (Å²) in [6.45, 7) is 4.42. The number of hydrogen-bond acceptors (Lipinski definition) is 2. The number of anilines is 6. The van der Waals surface area contributed by atoms with E-state index in [1.54, 1.807) is 0 Å². The van der Waals surface area contributed by atoms with Crippen LogP contribution in [0.15, 0.2) is 376 Å². The van der Waals surface area contributed by atoms with Gasteiger partial charge in [-0.1, -0.05) is 291 Å². The van der Waals surface area contributed by atoms with E-state index in [1.807, 2.05) is 0 Å². The van der Waals surface area contributed by atoms with Crippen molar-refractivity contribution in [3.8, 4) is 66.8 Å². The summed E-state index contributed by atoms with van der Waals surface area (Å²) in [6.07, 6.45) is 0.730. The number of rotatable bonds is 10. The number of hydrogen-bond donors (Lipinski definition) is 0. The van der Waals surface area contributed by atoms with Gasteiger partial charge in [0.25, 0.3) is 0 Å². The van der Waals surface area contributed by atoms with Gasteiger partial charge in [-0.05, 0) is 277 Å². The van der Waals surface area contributed by atoms with Gasteiger partial charge in [-0.2, -0.15) is 0 Å². The highest BCUT2D eigenvalue weighted by molar-refractivity contribution is 6.10. The molecule has 500 valence electrons. The van der Waals surface area contributed by atoms with Gasteiger partial charge < -0.3 is 9.80 Å². The Bertz CT molecular complexity index is 6650. The second-order valence-electron chi connectivity index (χ2n) is 29.9. The molecule has 2 heteroatoms. The Labute approximate surface area is 623 Å². The monoisotopic (exact) mass is 1360 g/mol. The Hall–Kier alpha value is -13.4. The van der Waals surface area contributed by atoms with Crippen molar-refractivity contribution in [2.24, 2.45) is 0 Å². The SMILES string of the molecule is Cc1ccc(N(c2ccc3c4c(ccc3c2)-c2cc3ccccc3cc2C42c3ccccc3-c3ccccc32)c2cc(C)ccc2Cc2ccc3cc4c(cc3c2)C2(c3ccccc3-c3ccccc32)c2c-4ccc3cc(N(c4ccccc4)c4ccc(-c5ccccc5)cc4-c4ccccc4)ccc23)cc1. The van der Waals surface area contributed by atoms with Gasteiger partial charge >= 0.3 is 0 Å². The summed E-state index contributed by atoms with van der Waals surface area (Å²) in [5.74, 6) is 0. The molecule has 107 heavy (non-hydrogen) atoms. The number of para-hydroxylation sites is 1. The fourth-order valence-corrected chi connectivity index (χ4v) is 19.6. The molecule has 0 saturated carbocycles. The van der Waals surface area contributed by atoms with Crippen LogP contribution in [-0.2, 0) is 17.3 Å². The van der Waals surface area contributed by atoms with Gasteiger partial charge in [0.1, 0.15) is 0 Å². The van der Waals surface area contributed by atoms with E-state index in [0.29, 0.717) is 0 Å². The third-order valence-corrected chi connectivity index (χ3v) is 24.1. The molecule has 0 radical (unpaired) electrons. The number of nitrogens with zero attached hydrogens (tertiary/aromatic N) is 2. The van der Waals surface area contributed by atoms with Crippen LogP contribution in [0.2, 0.25) is 0 Å². The van der Waals surface area contributed by atoms with Gasteiger partial charge in [-0.15, -0.1) is 0 Å². The normalized spacial score (nSPS) is 13.3. The van der Waals surface area contributed by atoms with Crippen LogP contribution in [0.25, 0.3) is 110 Å². The minimum absolute atomic E-state index is 0.502. The molecule has 0 bridgehead atoms. The van der Waals surface area contributed by atoms with Gasteiger partial charge in [0.15, 0.2) is 0 Å². The fraction of sp³-hybridized carbons (Fsp3) is 0.0476. The van der Waals surface area contributed by atoms with Crippen molar-refractivity contribution >= 4 is 77.2 Å². The summed E-state index contributed by atoms with van der Waals surface area (Å²) >= 11 is 0. The van der Waals surface area contributed by atoms with E-state index in [2.05, 4.69) is 400 Å². The predicted octanol–water partition coefficient (Wildman–Crippen LogP) is 27.5. The average Bonchev–Trinajstić information content (AvgIpc) is 1.51. The summed E-state index contributed by atoms with van der Waals surface area (Å²) in [4.78, 5) is 4.98. The minimum Gasteiger partial charge on any atom is -0.310 e. The first-order chi connectivity index (χ1) is 52.8. The molecule has 0 fully saturated rings. The average molecular weight is 1360 g/mol. The van der Waals surface area contributed by atoms with Gasteiger partial charge in [0.2, 0.25) is 0 Å². The zero-order valence-electron chi connectivity index (χ0n) is 59.4.